The van der Waals surface area contributed by atoms with Gasteiger partial charge in [0, 0.05) is 23.3 Å². The maximum absolute atomic E-state index is 4.24. The highest BCUT2D eigenvalue weighted by Crippen LogP contribution is 2.21. The topological polar surface area (TPSA) is 16.1 Å². The van der Waals surface area contributed by atoms with Crippen molar-refractivity contribution in [1.82, 2.24) is 4.98 Å². The van der Waals surface area contributed by atoms with Crippen LogP contribution in [0.2, 0.25) is 0 Å². The van der Waals surface area contributed by atoms with Crippen LogP contribution in [0.25, 0.3) is 0 Å². The minimum Gasteiger partial charge on any atom is -0.368 e. The van der Waals surface area contributed by atoms with Gasteiger partial charge in [0.1, 0.15) is 0 Å². The second-order valence-electron chi connectivity index (χ2n) is 4.17. The Bertz CT molecular complexity index is 315. The zero-order valence-corrected chi connectivity index (χ0v) is 12.0. The molecule has 90 valence electrons. The molecule has 0 bridgehead atoms. The number of halogens is 1. The largest absolute Gasteiger partial charge is 0.368 e. The lowest BCUT2D eigenvalue weighted by molar-refractivity contribution is 0.595. The molecule has 0 spiro atoms. The summed E-state index contributed by atoms with van der Waals surface area (Å²) in [4.78, 5) is 6.69. The van der Waals surface area contributed by atoms with Crippen molar-refractivity contribution in [2.45, 2.75) is 46.1 Å². The minimum atomic E-state index is 0.572. The number of nitrogens with zero attached hydrogens (tertiary/aromatic N) is 2. The Balaban J connectivity index is 2.82. The fourth-order valence-electron chi connectivity index (χ4n) is 1.71. The van der Waals surface area contributed by atoms with Crippen LogP contribution in [0.4, 0.5) is 5.69 Å². The van der Waals surface area contributed by atoms with Gasteiger partial charge in [0.25, 0.3) is 0 Å². The summed E-state index contributed by atoms with van der Waals surface area (Å²) in [5.41, 5.74) is 1.22. The van der Waals surface area contributed by atoms with Crippen molar-refractivity contribution in [3.8, 4) is 0 Å². The number of pyridine rings is 1. The summed E-state index contributed by atoms with van der Waals surface area (Å²) in [6.07, 6.45) is 7.41. The molecule has 0 aliphatic heterocycles. The Labute approximate surface area is 107 Å². The SMILES string of the molecule is CCCCN(c1cncc(Br)c1)C(C)CC. The van der Waals surface area contributed by atoms with Gasteiger partial charge in [0.15, 0.2) is 0 Å². The summed E-state index contributed by atoms with van der Waals surface area (Å²) < 4.78 is 1.05. The van der Waals surface area contributed by atoms with E-state index in [1.165, 1.54) is 18.5 Å². The molecule has 0 amide bonds. The maximum Gasteiger partial charge on any atom is 0.0566 e. The van der Waals surface area contributed by atoms with E-state index >= 15 is 0 Å². The maximum atomic E-state index is 4.24. The van der Waals surface area contributed by atoms with Gasteiger partial charge in [-0.1, -0.05) is 20.3 Å². The van der Waals surface area contributed by atoms with E-state index in [0.29, 0.717) is 6.04 Å². The number of hydrogen-bond acceptors (Lipinski definition) is 2. The lowest BCUT2D eigenvalue weighted by Crippen LogP contribution is -2.33. The van der Waals surface area contributed by atoms with Gasteiger partial charge in [-0.25, -0.2) is 0 Å². The Morgan fingerprint density at radius 1 is 1.38 bits per heavy atom. The molecule has 1 aromatic heterocycles. The first kappa shape index (κ1) is 13.5. The summed E-state index contributed by atoms with van der Waals surface area (Å²) in [6, 6.07) is 2.72. The number of anilines is 1. The molecule has 0 aliphatic carbocycles. The fourth-order valence-corrected chi connectivity index (χ4v) is 2.06. The first-order valence-electron chi connectivity index (χ1n) is 6.06. The molecule has 0 saturated heterocycles. The molecule has 2 nitrogen and oxygen atoms in total. The van der Waals surface area contributed by atoms with Crippen molar-refractivity contribution in [2.24, 2.45) is 0 Å². The van der Waals surface area contributed by atoms with Crippen LogP contribution < -0.4 is 4.90 Å². The van der Waals surface area contributed by atoms with E-state index in [9.17, 15) is 0 Å². The van der Waals surface area contributed by atoms with Crippen LogP contribution in [-0.2, 0) is 0 Å². The highest BCUT2D eigenvalue weighted by Gasteiger charge is 2.12. The Morgan fingerprint density at radius 3 is 2.69 bits per heavy atom. The fraction of sp³-hybridized carbons (Fsp3) is 0.615. The summed E-state index contributed by atoms with van der Waals surface area (Å²) in [5, 5.41) is 0. The summed E-state index contributed by atoms with van der Waals surface area (Å²) in [6.45, 7) is 7.85. The van der Waals surface area contributed by atoms with E-state index in [1.807, 2.05) is 12.4 Å². The third kappa shape index (κ3) is 3.78. The van der Waals surface area contributed by atoms with Crippen molar-refractivity contribution in [1.29, 1.82) is 0 Å². The zero-order chi connectivity index (χ0) is 12.0. The van der Waals surface area contributed by atoms with Crippen molar-refractivity contribution < 1.29 is 0 Å². The van der Waals surface area contributed by atoms with Crippen molar-refractivity contribution >= 4 is 21.6 Å². The normalized spacial score (nSPS) is 12.5. The van der Waals surface area contributed by atoms with E-state index in [1.54, 1.807) is 0 Å². The zero-order valence-electron chi connectivity index (χ0n) is 10.4. The average Bonchev–Trinajstić information content (AvgIpc) is 2.29. The number of aromatic nitrogens is 1. The Hall–Kier alpha value is -0.570. The van der Waals surface area contributed by atoms with Gasteiger partial charge in [-0.15, -0.1) is 0 Å². The number of hydrogen-bond donors (Lipinski definition) is 0. The van der Waals surface area contributed by atoms with Gasteiger partial charge >= 0.3 is 0 Å². The summed E-state index contributed by atoms with van der Waals surface area (Å²) >= 11 is 3.48. The van der Waals surface area contributed by atoms with Crippen molar-refractivity contribution in [3.05, 3.63) is 22.9 Å². The predicted octanol–water partition coefficient (Wildman–Crippen LogP) is 4.25. The molecule has 16 heavy (non-hydrogen) atoms. The van der Waals surface area contributed by atoms with E-state index in [0.717, 1.165) is 17.4 Å². The third-order valence-corrected chi connectivity index (χ3v) is 3.33. The van der Waals surface area contributed by atoms with Crippen LogP contribution >= 0.6 is 15.9 Å². The van der Waals surface area contributed by atoms with Crippen molar-refractivity contribution in [2.75, 3.05) is 11.4 Å². The molecule has 1 unspecified atom stereocenters. The number of unbranched alkanes of at least 4 members (excludes halogenated alkanes) is 1. The molecular formula is C13H21BrN2. The quantitative estimate of drug-likeness (QED) is 0.776. The van der Waals surface area contributed by atoms with E-state index in [2.05, 4.69) is 52.7 Å². The molecule has 0 aliphatic rings. The van der Waals surface area contributed by atoms with Gasteiger partial charge in [-0.3, -0.25) is 4.98 Å². The molecule has 0 fully saturated rings. The van der Waals surface area contributed by atoms with E-state index < -0.39 is 0 Å². The lowest BCUT2D eigenvalue weighted by Gasteiger charge is -2.30. The average molecular weight is 285 g/mol. The van der Waals surface area contributed by atoms with E-state index in [4.69, 9.17) is 0 Å². The van der Waals surface area contributed by atoms with E-state index in [-0.39, 0.29) is 0 Å². The highest BCUT2D eigenvalue weighted by atomic mass is 79.9. The molecule has 0 radical (unpaired) electrons. The molecule has 1 rings (SSSR count). The monoisotopic (exact) mass is 284 g/mol. The van der Waals surface area contributed by atoms with Gasteiger partial charge in [0.05, 0.1) is 11.9 Å². The van der Waals surface area contributed by atoms with Crippen LogP contribution in [0, 0.1) is 0 Å². The first-order chi connectivity index (χ1) is 7.69. The Kier molecular flexibility index (Phi) is 5.81. The first-order valence-corrected chi connectivity index (χ1v) is 6.85. The Morgan fingerprint density at radius 2 is 2.12 bits per heavy atom. The number of rotatable bonds is 6. The molecule has 1 atom stereocenters. The van der Waals surface area contributed by atoms with Gasteiger partial charge in [-0.2, -0.15) is 0 Å². The van der Waals surface area contributed by atoms with Crippen LogP contribution in [-0.4, -0.2) is 17.6 Å². The second kappa shape index (κ2) is 6.89. The highest BCUT2D eigenvalue weighted by molar-refractivity contribution is 9.10. The molecule has 0 aromatic carbocycles. The van der Waals surface area contributed by atoms with Crippen LogP contribution in [0.5, 0.6) is 0 Å². The molecule has 1 aromatic rings. The predicted molar refractivity (Wildman–Crippen MR) is 73.9 cm³/mol. The third-order valence-electron chi connectivity index (χ3n) is 2.90. The second-order valence-corrected chi connectivity index (χ2v) is 5.08. The van der Waals surface area contributed by atoms with Gasteiger partial charge in [0.2, 0.25) is 0 Å². The van der Waals surface area contributed by atoms with Gasteiger partial charge < -0.3 is 4.90 Å². The van der Waals surface area contributed by atoms with Crippen LogP contribution in [0.3, 0.4) is 0 Å². The summed E-state index contributed by atoms with van der Waals surface area (Å²) in [5.74, 6) is 0. The molecule has 3 heteroatoms. The lowest BCUT2D eigenvalue weighted by atomic mass is 10.2. The van der Waals surface area contributed by atoms with Crippen LogP contribution in [0.1, 0.15) is 40.0 Å². The molecular weight excluding hydrogens is 264 g/mol. The summed E-state index contributed by atoms with van der Waals surface area (Å²) in [7, 11) is 0. The standard InChI is InChI=1S/C13H21BrN2/c1-4-6-7-16(11(3)5-2)13-8-12(14)9-15-10-13/h8-11H,4-7H2,1-3H3. The molecule has 0 N–H and O–H groups in total. The van der Waals surface area contributed by atoms with Crippen molar-refractivity contribution in [3.63, 3.8) is 0 Å². The van der Waals surface area contributed by atoms with Gasteiger partial charge in [-0.05, 0) is 41.8 Å². The molecule has 0 saturated carbocycles. The van der Waals surface area contributed by atoms with Crippen LogP contribution in [0.15, 0.2) is 22.9 Å². The smallest absolute Gasteiger partial charge is 0.0566 e. The molecule has 1 heterocycles. The minimum absolute atomic E-state index is 0.572.